The standard InChI is InChI=1S/C23H33N3O4S/c1-4-6-11-24-17-29-21-14-22(30-18-25-12-7-5-2)16-23(15-21)31(27,28)26-20-10-8-9-19(3)13-20/h8-10,13-17,25-26H,4-7,11-12,18H2,1-3H3. The molecule has 0 spiro atoms. The summed E-state index contributed by atoms with van der Waals surface area (Å²) in [5.74, 6) is 0.740. The molecule has 0 atom stereocenters. The normalized spacial score (nSPS) is 11.6. The molecule has 0 unspecified atom stereocenters. The number of aryl methyl sites for hydroxylation is 1. The highest BCUT2D eigenvalue weighted by molar-refractivity contribution is 7.92. The molecule has 0 aliphatic rings. The molecule has 0 amide bonds. The zero-order chi connectivity index (χ0) is 22.5. The molecule has 8 heteroatoms. The van der Waals surface area contributed by atoms with Crippen LogP contribution in [0.3, 0.4) is 0 Å². The molecule has 2 rings (SSSR count). The fraction of sp³-hybridized carbons (Fsp3) is 0.435. The number of sulfonamides is 1. The quantitative estimate of drug-likeness (QED) is 0.189. The number of hydrogen-bond acceptors (Lipinski definition) is 6. The Morgan fingerprint density at radius 3 is 2.55 bits per heavy atom. The van der Waals surface area contributed by atoms with Gasteiger partial charge in [-0.3, -0.25) is 15.0 Å². The highest BCUT2D eigenvalue weighted by Gasteiger charge is 2.17. The zero-order valence-corrected chi connectivity index (χ0v) is 19.4. The van der Waals surface area contributed by atoms with E-state index >= 15 is 0 Å². The van der Waals surface area contributed by atoms with E-state index < -0.39 is 10.0 Å². The highest BCUT2D eigenvalue weighted by atomic mass is 32.2. The number of rotatable bonds is 14. The van der Waals surface area contributed by atoms with E-state index in [-0.39, 0.29) is 11.6 Å². The lowest BCUT2D eigenvalue weighted by Crippen LogP contribution is -2.21. The number of benzene rings is 2. The Kier molecular flexibility index (Phi) is 10.3. The summed E-state index contributed by atoms with van der Waals surface area (Å²) >= 11 is 0. The topological polar surface area (TPSA) is 89.0 Å². The Morgan fingerprint density at radius 2 is 1.81 bits per heavy atom. The minimum atomic E-state index is -3.83. The molecule has 0 radical (unpaired) electrons. The third-order valence-electron chi connectivity index (χ3n) is 4.39. The molecule has 0 aliphatic carbocycles. The molecule has 0 fully saturated rings. The van der Waals surface area contributed by atoms with Gasteiger partial charge in [-0.1, -0.05) is 38.8 Å². The third-order valence-corrected chi connectivity index (χ3v) is 5.75. The van der Waals surface area contributed by atoms with Gasteiger partial charge in [0.2, 0.25) is 0 Å². The molecule has 0 heterocycles. The fourth-order valence-electron chi connectivity index (χ4n) is 2.68. The van der Waals surface area contributed by atoms with Gasteiger partial charge in [0.1, 0.15) is 18.2 Å². The van der Waals surface area contributed by atoms with Crippen molar-refractivity contribution in [1.82, 2.24) is 5.32 Å². The smallest absolute Gasteiger partial charge is 0.262 e. The van der Waals surface area contributed by atoms with Crippen LogP contribution in [0.5, 0.6) is 11.5 Å². The van der Waals surface area contributed by atoms with Gasteiger partial charge in [-0.05, 0) is 44.0 Å². The molecule has 7 nitrogen and oxygen atoms in total. The molecule has 0 bridgehead atoms. The summed E-state index contributed by atoms with van der Waals surface area (Å²) in [5, 5.41) is 3.17. The van der Waals surface area contributed by atoms with Crippen molar-refractivity contribution in [1.29, 1.82) is 0 Å². The molecule has 0 aromatic heterocycles. The van der Waals surface area contributed by atoms with E-state index in [1.165, 1.54) is 18.5 Å². The number of aliphatic imine (C=N–C) groups is 1. The van der Waals surface area contributed by atoms with Crippen molar-refractivity contribution < 1.29 is 17.9 Å². The van der Waals surface area contributed by atoms with Crippen LogP contribution in [-0.2, 0) is 10.0 Å². The molecule has 31 heavy (non-hydrogen) atoms. The van der Waals surface area contributed by atoms with Crippen LogP contribution in [0.4, 0.5) is 5.69 Å². The third kappa shape index (κ3) is 8.98. The first-order valence-electron chi connectivity index (χ1n) is 10.7. The number of nitrogens with one attached hydrogen (secondary N) is 2. The minimum absolute atomic E-state index is 0.0528. The monoisotopic (exact) mass is 447 g/mol. The first-order chi connectivity index (χ1) is 14.9. The molecule has 0 saturated heterocycles. The zero-order valence-electron chi connectivity index (χ0n) is 18.6. The maximum atomic E-state index is 13.0. The predicted molar refractivity (Wildman–Crippen MR) is 126 cm³/mol. The second-order valence-electron chi connectivity index (χ2n) is 7.24. The lowest BCUT2D eigenvalue weighted by atomic mass is 10.2. The SMILES string of the molecule is CCCCN=COc1cc(OCNCCCC)cc(S(=O)(=O)Nc2cccc(C)c2)c1. The minimum Gasteiger partial charge on any atom is -0.478 e. The molecule has 2 aromatic carbocycles. The van der Waals surface area contributed by atoms with Gasteiger partial charge in [0.05, 0.1) is 4.90 Å². The van der Waals surface area contributed by atoms with Crippen molar-refractivity contribution in [3.8, 4) is 11.5 Å². The molecule has 2 aromatic rings. The van der Waals surface area contributed by atoms with E-state index in [1.54, 1.807) is 24.3 Å². The Balaban J connectivity index is 2.20. The number of unbranched alkanes of at least 4 members (excludes halogenated alkanes) is 2. The van der Waals surface area contributed by atoms with Crippen LogP contribution in [0, 0.1) is 6.92 Å². The van der Waals surface area contributed by atoms with Crippen molar-refractivity contribution >= 4 is 22.1 Å². The summed E-state index contributed by atoms with van der Waals surface area (Å²) in [7, 11) is -3.83. The first-order valence-corrected chi connectivity index (χ1v) is 12.2. The molecular formula is C23H33N3O4S. The van der Waals surface area contributed by atoms with E-state index in [9.17, 15) is 8.42 Å². The highest BCUT2D eigenvalue weighted by Crippen LogP contribution is 2.27. The number of hydrogen-bond donors (Lipinski definition) is 2. The number of ether oxygens (including phenoxy) is 2. The van der Waals surface area contributed by atoms with Gasteiger partial charge in [0.25, 0.3) is 10.0 Å². The average molecular weight is 448 g/mol. The van der Waals surface area contributed by atoms with Gasteiger partial charge in [-0.2, -0.15) is 0 Å². The lowest BCUT2D eigenvalue weighted by Gasteiger charge is -2.13. The average Bonchev–Trinajstić information content (AvgIpc) is 2.73. The molecular weight excluding hydrogens is 414 g/mol. The molecule has 0 saturated carbocycles. The molecule has 2 N–H and O–H groups in total. The second kappa shape index (κ2) is 13.0. The van der Waals surface area contributed by atoms with Gasteiger partial charge < -0.3 is 9.47 Å². The Labute approximate surface area is 185 Å². The summed E-state index contributed by atoms with van der Waals surface area (Å²) in [4.78, 5) is 4.24. The van der Waals surface area contributed by atoms with E-state index in [0.29, 0.717) is 23.7 Å². The van der Waals surface area contributed by atoms with Gasteiger partial charge in [0.15, 0.2) is 6.40 Å². The summed E-state index contributed by atoms with van der Waals surface area (Å²) in [6.45, 7) is 7.87. The van der Waals surface area contributed by atoms with Crippen molar-refractivity contribution in [2.75, 3.05) is 24.5 Å². The van der Waals surface area contributed by atoms with Crippen LogP contribution in [0.1, 0.15) is 45.1 Å². The van der Waals surface area contributed by atoms with Crippen molar-refractivity contribution in [3.63, 3.8) is 0 Å². The number of nitrogens with zero attached hydrogens (tertiary/aromatic N) is 1. The maximum Gasteiger partial charge on any atom is 0.262 e. The van der Waals surface area contributed by atoms with Gasteiger partial charge in [-0.25, -0.2) is 8.42 Å². The maximum absolute atomic E-state index is 13.0. The lowest BCUT2D eigenvalue weighted by molar-refractivity contribution is 0.281. The Morgan fingerprint density at radius 1 is 1.03 bits per heavy atom. The Bertz CT molecular complexity index is 946. The summed E-state index contributed by atoms with van der Waals surface area (Å²) in [6.07, 6.45) is 5.48. The number of anilines is 1. The van der Waals surface area contributed by atoms with E-state index in [1.807, 2.05) is 13.0 Å². The van der Waals surface area contributed by atoms with Crippen LogP contribution in [0.2, 0.25) is 0 Å². The van der Waals surface area contributed by atoms with Crippen LogP contribution < -0.4 is 19.5 Å². The van der Waals surface area contributed by atoms with Crippen LogP contribution in [-0.4, -0.2) is 34.6 Å². The van der Waals surface area contributed by atoms with E-state index in [2.05, 4.69) is 28.9 Å². The first kappa shape index (κ1) is 24.7. The van der Waals surface area contributed by atoms with Crippen LogP contribution >= 0.6 is 0 Å². The fourth-order valence-corrected chi connectivity index (χ4v) is 3.78. The van der Waals surface area contributed by atoms with Gasteiger partial charge in [0, 0.05) is 30.4 Å². The van der Waals surface area contributed by atoms with Crippen molar-refractivity contribution in [3.05, 3.63) is 48.0 Å². The van der Waals surface area contributed by atoms with Crippen molar-refractivity contribution in [2.24, 2.45) is 4.99 Å². The molecule has 0 aliphatic heterocycles. The van der Waals surface area contributed by atoms with Crippen LogP contribution in [0.25, 0.3) is 0 Å². The summed E-state index contributed by atoms with van der Waals surface area (Å²) in [6, 6.07) is 11.8. The second-order valence-corrected chi connectivity index (χ2v) is 8.92. The van der Waals surface area contributed by atoms with Gasteiger partial charge >= 0.3 is 0 Å². The summed E-state index contributed by atoms with van der Waals surface area (Å²) < 4.78 is 39.8. The van der Waals surface area contributed by atoms with E-state index in [0.717, 1.165) is 37.8 Å². The van der Waals surface area contributed by atoms with E-state index in [4.69, 9.17) is 9.47 Å². The van der Waals surface area contributed by atoms with Crippen LogP contribution in [0.15, 0.2) is 52.4 Å². The molecule has 170 valence electrons. The largest absolute Gasteiger partial charge is 0.478 e. The Hall–Kier alpha value is -2.58. The van der Waals surface area contributed by atoms with Crippen molar-refractivity contribution in [2.45, 2.75) is 51.3 Å². The summed E-state index contributed by atoms with van der Waals surface area (Å²) in [5.41, 5.74) is 1.46. The predicted octanol–water partition coefficient (Wildman–Crippen LogP) is 4.73. The van der Waals surface area contributed by atoms with Gasteiger partial charge in [-0.15, -0.1) is 0 Å².